The molecule has 3 aromatic rings. The van der Waals surface area contributed by atoms with E-state index in [1.807, 2.05) is 48.9 Å². The molecule has 154 valence electrons. The lowest BCUT2D eigenvalue weighted by Crippen LogP contribution is -2.25. The predicted molar refractivity (Wildman–Crippen MR) is 114 cm³/mol. The van der Waals surface area contributed by atoms with Crippen molar-refractivity contribution in [2.75, 3.05) is 5.32 Å². The number of nitrogens with one attached hydrogen (secondary N) is 2. The SMILES string of the molecule is Cc1nn(-c2ccccc2)c(C)c1CNc1ccc(C(=O)NC2CC2)cc1[N+](=O)[O-]. The van der Waals surface area contributed by atoms with Crippen LogP contribution in [0.4, 0.5) is 11.4 Å². The third kappa shape index (κ3) is 4.03. The number of amides is 1. The fourth-order valence-electron chi connectivity index (χ4n) is 3.40. The summed E-state index contributed by atoms with van der Waals surface area (Å²) >= 11 is 0. The van der Waals surface area contributed by atoms with Crippen LogP contribution >= 0.6 is 0 Å². The van der Waals surface area contributed by atoms with Gasteiger partial charge in [-0.25, -0.2) is 4.68 Å². The molecule has 0 atom stereocenters. The number of carbonyl (C=O) groups is 1. The Kier molecular flexibility index (Phi) is 5.22. The van der Waals surface area contributed by atoms with Crippen LogP contribution in [0.25, 0.3) is 5.69 Å². The summed E-state index contributed by atoms with van der Waals surface area (Å²) in [6, 6.07) is 14.5. The molecule has 0 spiro atoms. The minimum absolute atomic E-state index is 0.121. The van der Waals surface area contributed by atoms with Gasteiger partial charge >= 0.3 is 0 Å². The summed E-state index contributed by atoms with van der Waals surface area (Å²) in [5, 5.41) is 22.2. The molecule has 1 amide bonds. The lowest BCUT2D eigenvalue weighted by atomic mass is 10.1. The average Bonchev–Trinajstić information content (AvgIpc) is 3.51. The summed E-state index contributed by atoms with van der Waals surface area (Å²) in [4.78, 5) is 23.3. The smallest absolute Gasteiger partial charge is 0.293 e. The van der Waals surface area contributed by atoms with Gasteiger partial charge in [-0.05, 0) is 51.0 Å². The van der Waals surface area contributed by atoms with Gasteiger partial charge in [-0.15, -0.1) is 0 Å². The second kappa shape index (κ2) is 7.98. The lowest BCUT2D eigenvalue weighted by Gasteiger charge is -2.10. The van der Waals surface area contributed by atoms with Crippen LogP contribution in [0.2, 0.25) is 0 Å². The molecule has 30 heavy (non-hydrogen) atoms. The van der Waals surface area contributed by atoms with Crippen LogP contribution in [0.15, 0.2) is 48.5 Å². The molecule has 0 radical (unpaired) electrons. The van der Waals surface area contributed by atoms with Crippen LogP contribution in [0.1, 0.15) is 40.2 Å². The van der Waals surface area contributed by atoms with E-state index in [0.717, 1.165) is 35.5 Å². The van der Waals surface area contributed by atoms with Gasteiger partial charge in [-0.1, -0.05) is 18.2 Å². The normalized spacial score (nSPS) is 13.1. The first-order valence-corrected chi connectivity index (χ1v) is 9.87. The number of para-hydroxylation sites is 1. The third-order valence-corrected chi connectivity index (χ3v) is 5.27. The Morgan fingerprint density at radius 2 is 1.93 bits per heavy atom. The monoisotopic (exact) mass is 405 g/mol. The first-order valence-electron chi connectivity index (χ1n) is 9.87. The Morgan fingerprint density at radius 1 is 1.20 bits per heavy atom. The number of nitrogens with zero attached hydrogens (tertiary/aromatic N) is 3. The van der Waals surface area contributed by atoms with E-state index in [1.54, 1.807) is 12.1 Å². The quantitative estimate of drug-likeness (QED) is 0.458. The number of nitro benzene ring substituents is 1. The number of aromatic nitrogens is 2. The van der Waals surface area contributed by atoms with Crippen molar-refractivity contribution in [3.05, 3.63) is 81.2 Å². The highest BCUT2D eigenvalue weighted by atomic mass is 16.6. The van der Waals surface area contributed by atoms with E-state index in [4.69, 9.17) is 0 Å². The van der Waals surface area contributed by atoms with E-state index in [1.165, 1.54) is 6.07 Å². The summed E-state index contributed by atoms with van der Waals surface area (Å²) in [6.07, 6.45) is 1.92. The van der Waals surface area contributed by atoms with E-state index in [2.05, 4.69) is 15.7 Å². The zero-order valence-corrected chi connectivity index (χ0v) is 16.9. The number of hydrogen-bond acceptors (Lipinski definition) is 5. The van der Waals surface area contributed by atoms with Gasteiger partial charge in [0.1, 0.15) is 5.69 Å². The van der Waals surface area contributed by atoms with Crippen LogP contribution in [-0.2, 0) is 6.54 Å². The molecule has 0 aliphatic heterocycles. The summed E-state index contributed by atoms with van der Waals surface area (Å²) in [6.45, 7) is 4.28. The van der Waals surface area contributed by atoms with Crippen LogP contribution in [0.3, 0.4) is 0 Å². The maximum Gasteiger partial charge on any atom is 0.293 e. The van der Waals surface area contributed by atoms with Gasteiger partial charge in [0.05, 0.1) is 16.3 Å². The number of anilines is 1. The van der Waals surface area contributed by atoms with Crippen molar-refractivity contribution >= 4 is 17.3 Å². The molecular weight excluding hydrogens is 382 g/mol. The molecule has 8 nitrogen and oxygen atoms in total. The number of rotatable bonds is 7. The number of benzene rings is 2. The summed E-state index contributed by atoms with van der Waals surface area (Å²) in [5.74, 6) is -0.275. The Morgan fingerprint density at radius 3 is 2.60 bits per heavy atom. The topological polar surface area (TPSA) is 102 Å². The Hall–Kier alpha value is -3.68. The van der Waals surface area contributed by atoms with Crippen molar-refractivity contribution in [1.29, 1.82) is 0 Å². The second-order valence-corrected chi connectivity index (χ2v) is 7.49. The van der Waals surface area contributed by atoms with Gasteiger partial charge in [0.2, 0.25) is 0 Å². The molecule has 2 aromatic carbocycles. The van der Waals surface area contributed by atoms with Crippen molar-refractivity contribution in [2.24, 2.45) is 0 Å². The fourth-order valence-corrected chi connectivity index (χ4v) is 3.40. The Bertz CT molecular complexity index is 1100. The van der Waals surface area contributed by atoms with E-state index in [9.17, 15) is 14.9 Å². The first-order chi connectivity index (χ1) is 14.4. The molecule has 4 rings (SSSR count). The second-order valence-electron chi connectivity index (χ2n) is 7.49. The number of hydrogen-bond donors (Lipinski definition) is 2. The van der Waals surface area contributed by atoms with Crippen LogP contribution in [0.5, 0.6) is 0 Å². The first kappa shape index (κ1) is 19.6. The van der Waals surface area contributed by atoms with Crippen LogP contribution in [-0.4, -0.2) is 26.7 Å². The molecule has 0 unspecified atom stereocenters. The zero-order valence-electron chi connectivity index (χ0n) is 16.9. The summed E-state index contributed by atoms with van der Waals surface area (Å²) in [7, 11) is 0. The minimum atomic E-state index is -0.469. The van der Waals surface area contributed by atoms with Gasteiger partial charge in [-0.2, -0.15) is 5.10 Å². The molecule has 0 saturated heterocycles. The molecule has 8 heteroatoms. The van der Waals surface area contributed by atoms with Crippen molar-refractivity contribution in [3.63, 3.8) is 0 Å². The molecule has 1 heterocycles. The highest BCUT2D eigenvalue weighted by Crippen LogP contribution is 2.28. The Labute approximate surface area is 174 Å². The van der Waals surface area contributed by atoms with Gasteiger partial charge in [0.15, 0.2) is 0 Å². The van der Waals surface area contributed by atoms with Crippen LogP contribution in [0, 0.1) is 24.0 Å². The maximum absolute atomic E-state index is 12.2. The summed E-state index contributed by atoms with van der Waals surface area (Å²) in [5.41, 5.74) is 4.30. The predicted octanol–water partition coefficient (Wildman–Crippen LogP) is 3.90. The maximum atomic E-state index is 12.2. The largest absolute Gasteiger partial charge is 0.375 e. The van der Waals surface area contributed by atoms with Gasteiger partial charge < -0.3 is 10.6 Å². The van der Waals surface area contributed by atoms with E-state index < -0.39 is 4.92 Å². The molecule has 0 bridgehead atoms. The standard InChI is InChI=1S/C22H23N5O3/c1-14-19(15(2)26(25-14)18-6-4-3-5-7-18)13-23-20-11-8-16(12-21(20)27(29)30)22(28)24-17-9-10-17/h3-8,11-12,17,23H,9-10,13H2,1-2H3,(H,24,28). The molecule has 2 N–H and O–H groups in total. The molecular formula is C22H23N5O3. The van der Waals surface area contributed by atoms with E-state index in [0.29, 0.717) is 17.8 Å². The van der Waals surface area contributed by atoms with Gasteiger partial charge in [0.25, 0.3) is 11.6 Å². The van der Waals surface area contributed by atoms with Gasteiger partial charge in [0, 0.05) is 35.5 Å². The number of nitro groups is 1. The molecule has 1 saturated carbocycles. The molecule has 1 aliphatic carbocycles. The minimum Gasteiger partial charge on any atom is -0.375 e. The third-order valence-electron chi connectivity index (χ3n) is 5.27. The average molecular weight is 405 g/mol. The zero-order chi connectivity index (χ0) is 21.3. The van der Waals surface area contributed by atoms with Crippen molar-refractivity contribution < 1.29 is 9.72 Å². The van der Waals surface area contributed by atoms with E-state index in [-0.39, 0.29) is 17.6 Å². The van der Waals surface area contributed by atoms with Crippen molar-refractivity contribution in [1.82, 2.24) is 15.1 Å². The molecule has 1 aliphatic rings. The highest BCUT2D eigenvalue weighted by molar-refractivity contribution is 5.96. The summed E-state index contributed by atoms with van der Waals surface area (Å²) < 4.78 is 1.87. The van der Waals surface area contributed by atoms with Crippen molar-refractivity contribution in [2.45, 2.75) is 39.3 Å². The van der Waals surface area contributed by atoms with Gasteiger partial charge in [-0.3, -0.25) is 14.9 Å². The number of aryl methyl sites for hydroxylation is 1. The lowest BCUT2D eigenvalue weighted by molar-refractivity contribution is -0.384. The highest BCUT2D eigenvalue weighted by Gasteiger charge is 2.25. The van der Waals surface area contributed by atoms with Crippen molar-refractivity contribution in [3.8, 4) is 5.69 Å². The molecule has 1 aromatic heterocycles. The van der Waals surface area contributed by atoms with E-state index >= 15 is 0 Å². The van der Waals surface area contributed by atoms with Crippen LogP contribution < -0.4 is 10.6 Å². The molecule has 1 fully saturated rings. The fraction of sp³-hybridized carbons (Fsp3) is 0.273. The number of carbonyl (C=O) groups excluding carboxylic acids is 1. The Balaban J connectivity index is 1.55.